The highest BCUT2D eigenvalue weighted by Crippen LogP contribution is 2.68. The van der Waals surface area contributed by atoms with Gasteiger partial charge in [0, 0.05) is 17.5 Å². The van der Waals surface area contributed by atoms with Gasteiger partial charge in [0.2, 0.25) is 0 Å². The minimum absolute atomic E-state index is 0.207. The van der Waals surface area contributed by atoms with Gasteiger partial charge in [0.05, 0.1) is 0 Å². The monoisotopic (exact) mass is 271 g/mol. The zero-order valence-electron chi connectivity index (χ0n) is 13.8. The first kappa shape index (κ1) is 14.1. The van der Waals surface area contributed by atoms with E-state index in [1.54, 1.807) is 5.56 Å². The third-order valence-electron chi connectivity index (χ3n) is 5.46. The van der Waals surface area contributed by atoms with E-state index in [0.29, 0.717) is 5.41 Å². The van der Waals surface area contributed by atoms with Crippen molar-refractivity contribution in [1.29, 1.82) is 0 Å². The number of nitrogens with one attached hydrogen (secondary N) is 1. The van der Waals surface area contributed by atoms with Crippen LogP contribution in [0, 0.1) is 19.3 Å². The van der Waals surface area contributed by atoms with Gasteiger partial charge in [0.25, 0.3) is 0 Å². The van der Waals surface area contributed by atoms with Gasteiger partial charge in [-0.05, 0) is 82.4 Å². The summed E-state index contributed by atoms with van der Waals surface area (Å²) in [6, 6.07) is 7.12. The summed E-state index contributed by atoms with van der Waals surface area (Å²) >= 11 is 0. The molecule has 2 aliphatic rings. The molecule has 0 unspecified atom stereocenters. The first-order chi connectivity index (χ1) is 9.24. The highest BCUT2D eigenvalue weighted by atomic mass is 15.0. The third kappa shape index (κ3) is 2.53. The summed E-state index contributed by atoms with van der Waals surface area (Å²) in [5, 5.41) is 3.76. The van der Waals surface area contributed by atoms with Crippen molar-refractivity contribution in [1.82, 2.24) is 5.32 Å². The van der Waals surface area contributed by atoms with E-state index in [2.05, 4.69) is 58.1 Å². The molecule has 1 nitrogen and oxygen atoms in total. The molecule has 2 aliphatic carbocycles. The summed E-state index contributed by atoms with van der Waals surface area (Å²) in [7, 11) is 0. The Morgan fingerprint density at radius 2 is 1.70 bits per heavy atom. The topological polar surface area (TPSA) is 12.0 Å². The molecule has 110 valence electrons. The fourth-order valence-electron chi connectivity index (χ4n) is 3.85. The Morgan fingerprint density at radius 1 is 1.05 bits per heavy atom. The largest absolute Gasteiger partial charge is 0.311 e. The zero-order chi connectivity index (χ0) is 14.6. The molecule has 2 fully saturated rings. The molecular weight excluding hydrogens is 242 g/mol. The Labute approximate surface area is 124 Å². The van der Waals surface area contributed by atoms with Gasteiger partial charge in [-0.25, -0.2) is 0 Å². The van der Waals surface area contributed by atoms with Crippen molar-refractivity contribution < 1.29 is 0 Å². The molecule has 1 aromatic rings. The van der Waals surface area contributed by atoms with Crippen LogP contribution in [0.2, 0.25) is 0 Å². The van der Waals surface area contributed by atoms with Crippen LogP contribution in [0.15, 0.2) is 18.2 Å². The van der Waals surface area contributed by atoms with Crippen LogP contribution in [0.3, 0.4) is 0 Å². The van der Waals surface area contributed by atoms with Crippen LogP contribution in [0.1, 0.15) is 63.1 Å². The van der Waals surface area contributed by atoms with Crippen LogP contribution < -0.4 is 5.32 Å². The lowest BCUT2D eigenvalue weighted by atomic mass is 9.56. The summed E-state index contributed by atoms with van der Waals surface area (Å²) < 4.78 is 0. The van der Waals surface area contributed by atoms with E-state index in [1.807, 2.05) is 0 Å². The lowest BCUT2D eigenvalue weighted by Crippen LogP contribution is -2.53. The summed E-state index contributed by atoms with van der Waals surface area (Å²) in [6.45, 7) is 12.4. The van der Waals surface area contributed by atoms with Crippen LogP contribution in [0.4, 0.5) is 0 Å². The summed E-state index contributed by atoms with van der Waals surface area (Å²) in [4.78, 5) is 0. The molecule has 20 heavy (non-hydrogen) atoms. The average Bonchev–Trinajstić information content (AvgIpc) is 3.07. The standard InChI is InChI=1S/C19H29N/c1-14-6-7-16(10-15(14)2)19(13-20-17(3,4)5)11-18(12-19)8-9-18/h6-7,10,20H,8-9,11-13H2,1-5H3. The zero-order valence-corrected chi connectivity index (χ0v) is 13.8. The molecule has 2 saturated carbocycles. The Balaban J connectivity index is 1.84. The predicted octanol–water partition coefficient (Wildman–Crippen LogP) is 4.50. The smallest absolute Gasteiger partial charge is 0.00968 e. The van der Waals surface area contributed by atoms with E-state index >= 15 is 0 Å². The van der Waals surface area contributed by atoms with Crippen LogP contribution >= 0.6 is 0 Å². The maximum absolute atomic E-state index is 3.76. The van der Waals surface area contributed by atoms with Gasteiger partial charge < -0.3 is 5.32 Å². The summed E-state index contributed by atoms with van der Waals surface area (Å²) in [6.07, 6.45) is 5.72. The van der Waals surface area contributed by atoms with Crippen LogP contribution in [0.25, 0.3) is 0 Å². The Bertz CT molecular complexity index is 509. The number of hydrogen-bond acceptors (Lipinski definition) is 1. The van der Waals surface area contributed by atoms with E-state index in [0.717, 1.165) is 12.0 Å². The quantitative estimate of drug-likeness (QED) is 0.853. The molecule has 1 aromatic carbocycles. The summed E-state index contributed by atoms with van der Waals surface area (Å²) in [5.41, 5.74) is 5.75. The van der Waals surface area contributed by atoms with Crippen molar-refractivity contribution in [3.8, 4) is 0 Å². The SMILES string of the molecule is Cc1ccc(C2(CNC(C)(C)C)CC3(CC3)C2)cc1C. The first-order valence-electron chi connectivity index (χ1n) is 8.07. The number of rotatable bonds is 3. The molecule has 0 saturated heterocycles. The van der Waals surface area contributed by atoms with Gasteiger partial charge in [0.15, 0.2) is 0 Å². The molecule has 0 heterocycles. The van der Waals surface area contributed by atoms with Crippen molar-refractivity contribution >= 4 is 0 Å². The maximum Gasteiger partial charge on any atom is 0.00968 e. The number of benzene rings is 1. The molecule has 0 aromatic heterocycles. The molecule has 3 rings (SSSR count). The van der Waals surface area contributed by atoms with E-state index in [1.165, 1.54) is 36.8 Å². The molecule has 0 bridgehead atoms. The summed E-state index contributed by atoms with van der Waals surface area (Å²) in [5.74, 6) is 0. The normalized spacial score (nSPS) is 22.6. The molecular formula is C19H29N. The van der Waals surface area contributed by atoms with Crippen LogP contribution in [-0.2, 0) is 5.41 Å². The van der Waals surface area contributed by atoms with E-state index in [-0.39, 0.29) is 5.54 Å². The Morgan fingerprint density at radius 3 is 2.20 bits per heavy atom. The van der Waals surface area contributed by atoms with Gasteiger partial charge in [-0.3, -0.25) is 0 Å². The van der Waals surface area contributed by atoms with Crippen LogP contribution in [0.5, 0.6) is 0 Å². The van der Waals surface area contributed by atoms with Gasteiger partial charge in [0.1, 0.15) is 0 Å². The molecule has 1 spiro atoms. The van der Waals surface area contributed by atoms with Gasteiger partial charge in [-0.2, -0.15) is 0 Å². The second kappa shape index (κ2) is 4.34. The second-order valence-corrected chi connectivity index (χ2v) is 8.54. The molecule has 0 aliphatic heterocycles. The Kier molecular flexibility index (Phi) is 3.06. The predicted molar refractivity (Wildman–Crippen MR) is 86.3 cm³/mol. The molecule has 0 atom stereocenters. The van der Waals surface area contributed by atoms with Crippen molar-refractivity contribution in [3.05, 3.63) is 34.9 Å². The lowest BCUT2D eigenvalue weighted by molar-refractivity contribution is 0.108. The average molecular weight is 271 g/mol. The van der Waals surface area contributed by atoms with Gasteiger partial charge in [-0.15, -0.1) is 0 Å². The fraction of sp³-hybridized carbons (Fsp3) is 0.684. The van der Waals surface area contributed by atoms with Crippen molar-refractivity contribution in [3.63, 3.8) is 0 Å². The molecule has 0 radical (unpaired) electrons. The third-order valence-corrected chi connectivity index (χ3v) is 5.46. The van der Waals surface area contributed by atoms with E-state index in [4.69, 9.17) is 0 Å². The second-order valence-electron chi connectivity index (χ2n) is 8.54. The first-order valence-corrected chi connectivity index (χ1v) is 8.07. The molecule has 1 N–H and O–H groups in total. The highest BCUT2D eigenvalue weighted by Gasteiger charge is 2.61. The van der Waals surface area contributed by atoms with E-state index in [9.17, 15) is 0 Å². The van der Waals surface area contributed by atoms with Crippen molar-refractivity contribution in [2.75, 3.05) is 6.54 Å². The van der Waals surface area contributed by atoms with Gasteiger partial charge >= 0.3 is 0 Å². The Hall–Kier alpha value is -0.820. The van der Waals surface area contributed by atoms with Crippen molar-refractivity contribution in [2.24, 2.45) is 5.41 Å². The van der Waals surface area contributed by atoms with Crippen molar-refractivity contribution in [2.45, 2.75) is 71.3 Å². The molecule has 1 heteroatoms. The molecule has 0 amide bonds. The fourth-order valence-corrected chi connectivity index (χ4v) is 3.85. The number of hydrogen-bond donors (Lipinski definition) is 1. The lowest BCUT2D eigenvalue weighted by Gasteiger charge is -2.51. The maximum atomic E-state index is 3.76. The highest BCUT2D eigenvalue weighted by molar-refractivity contribution is 5.39. The van der Waals surface area contributed by atoms with Gasteiger partial charge in [-0.1, -0.05) is 18.2 Å². The minimum atomic E-state index is 0.207. The van der Waals surface area contributed by atoms with Crippen LogP contribution in [-0.4, -0.2) is 12.1 Å². The minimum Gasteiger partial charge on any atom is -0.311 e. The number of aryl methyl sites for hydroxylation is 2. The van der Waals surface area contributed by atoms with E-state index < -0.39 is 0 Å².